The molecule has 176 valence electrons. The van der Waals surface area contributed by atoms with Crippen molar-refractivity contribution < 1.29 is 14.3 Å². The highest BCUT2D eigenvalue weighted by Gasteiger charge is 2.31. The number of ether oxygens (including phenoxy) is 2. The van der Waals surface area contributed by atoms with Gasteiger partial charge in [0.05, 0.1) is 23.6 Å². The maximum Gasteiger partial charge on any atom is 0.410 e. The Kier molecular flexibility index (Phi) is 7.05. The Morgan fingerprint density at radius 1 is 1.09 bits per heavy atom. The van der Waals surface area contributed by atoms with Gasteiger partial charge in [0.25, 0.3) is 6.01 Å². The molecule has 0 bridgehead atoms. The smallest absolute Gasteiger partial charge is 0.410 e. The molecule has 0 spiro atoms. The number of benzene rings is 2. The molecular formula is C25H29Cl2N3O3. The number of amides is 1. The van der Waals surface area contributed by atoms with Crippen LogP contribution in [-0.4, -0.2) is 45.3 Å². The lowest BCUT2D eigenvalue weighted by Crippen LogP contribution is -2.48. The fourth-order valence-corrected chi connectivity index (χ4v) is 4.58. The molecule has 2 aromatic carbocycles. The zero-order valence-corrected chi connectivity index (χ0v) is 20.7. The van der Waals surface area contributed by atoms with E-state index in [1.165, 1.54) is 0 Å². The van der Waals surface area contributed by atoms with E-state index in [2.05, 4.69) is 0 Å². The summed E-state index contributed by atoms with van der Waals surface area (Å²) in [6, 6.07) is 13.7. The van der Waals surface area contributed by atoms with Gasteiger partial charge in [0.1, 0.15) is 12.2 Å². The summed E-state index contributed by atoms with van der Waals surface area (Å²) in [7, 11) is 0. The molecule has 2 heterocycles. The summed E-state index contributed by atoms with van der Waals surface area (Å²) in [4.78, 5) is 19.2. The van der Waals surface area contributed by atoms with E-state index in [0.29, 0.717) is 35.8 Å². The minimum Gasteiger partial charge on any atom is -0.462 e. The first-order chi connectivity index (χ1) is 15.7. The molecule has 0 radical (unpaired) electrons. The number of likely N-dealkylation sites (tertiary alicyclic amines) is 1. The summed E-state index contributed by atoms with van der Waals surface area (Å²) >= 11 is 12.9. The molecule has 0 unspecified atom stereocenters. The van der Waals surface area contributed by atoms with E-state index in [1.54, 1.807) is 4.90 Å². The van der Waals surface area contributed by atoms with Gasteiger partial charge in [0, 0.05) is 22.2 Å². The third-order valence-electron chi connectivity index (χ3n) is 5.66. The molecule has 1 atom stereocenters. The summed E-state index contributed by atoms with van der Waals surface area (Å²) in [5.74, 6) is 0. The number of hydrogen-bond donors (Lipinski definition) is 0. The maximum atomic E-state index is 12.8. The van der Waals surface area contributed by atoms with Gasteiger partial charge in [-0.2, -0.15) is 4.98 Å². The number of hydrogen-bond acceptors (Lipinski definition) is 4. The van der Waals surface area contributed by atoms with Crippen LogP contribution in [0.25, 0.3) is 11.0 Å². The fraction of sp³-hybridized carbons (Fsp3) is 0.440. The van der Waals surface area contributed by atoms with Crippen LogP contribution in [-0.2, 0) is 11.3 Å². The number of rotatable bonds is 5. The predicted molar refractivity (Wildman–Crippen MR) is 131 cm³/mol. The summed E-state index contributed by atoms with van der Waals surface area (Å²) in [5.41, 5.74) is 2.02. The Labute approximate surface area is 204 Å². The van der Waals surface area contributed by atoms with Crippen LogP contribution in [0, 0.1) is 0 Å². The first kappa shape index (κ1) is 23.7. The van der Waals surface area contributed by atoms with Crippen LogP contribution in [0.4, 0.5) is 4.79 Å². The molecular weight excluding hydrogens is 461 g/mol. The molecule has 1 saturated heterocycles. The quantitative estimate of drug-likeness (QED) is 0.407. The van der Waals surface area contributed by atoms with E-state index in [0.717, 1.165) is 35.9 Å². The number of carbonyl (C=O) groups is 1. The molecule has 6 nitrogen and oxygen atoms in total. The second-order valence-corrected chi connectivity index (χ2v) is 10.1. The SMILES string of the molecule is CC(C)(C)OC(=O)N1CCCC[C@H]1COc1nc2ccccc2n1Cc1c(Cl)cccc1Cl. The highest BCUT2D eigenvalue weighted by Crippen LogP contribution is 2.30. The molecule has 0 N–H and O–H groups in total. The molecule has 0 aliphatic carbocycles. The largest absolute Gasteiger partial charge is 0.462 e. The number of imidazole rings is 1. The number of aromatic nitrogens is 2. The van der Waals surface area contributed by atoms with Crippen LogP contribution >= 0.6 is 23.2 Å². The number of piperidine rings is 1. The lowest BCUT2D eigenvalue weighted by atomic mass is 10.0. The van der Waals surface area contributed by atoms with Crippen LogP contribution in [0.3, 0.4) is 0 Å². The molecule has 3 aromatic rings. The number of para-hydroxylation sites is 2. The summed E-state index contributed by atoms with van der Waals surface area (Å²) in [6.07, 6.45) is 2.56. The van der Waals surface area contributed by atoms with E-state index in [1.807, 2.05) is 67.8 Å². The van der Waals surface area contributed by atoms with E-state index < -0.39 is 5.60 Å². The minimum atomic E-state index is -0.540. The zero-order chi connectivity index (χ0) is 23.6. The lowest BCUT2D eigenvalue weighted by Gasteiger charge is -2.36. The molecule has 4 rings (SSSR count). The van der Waals surface area contributed by atoms with Crippen molar-refractivity contribution in [3.05, 3.63) is 58.1 Å². The Bertz CT molecular complexity index is 1120. The second kappa shape index (κ2) is 9.82. The predicted octanol–water partition coefficient (Wildman–Crippen LogP) is 6.56. The molecule has 0 saturated carbocycles. The lowest BCUT2D eigenvalue weighted by molar-refractivity contribution is 0.00290. The highest BCUT2D eigenvalue weighted by molar-refractivity contribution is 6.36. The molecule has 1 aliphatic rings. The third kappa shape index (κ3) is 5.56. The van der Waals surface area contributed by atoms with Crippen LogP contribution in [0.5, 0.6) is 6.01 Å². The Morgan fingerprint density at radius 3 is 2.55 bits per heavy atom. The maximum absolute atomic E-state index is 12.8. The monoisotopic (exact) mass is 489 g/mol. The van der Waals surface area contributed by atoms with Gasteiger partial charge in [-0.3, -0.25) is 4.57 Å². The van der Waals surface area contributed by atoms with Crippen LogP contribution in [0.15, 0.2) is 42.5 Å². The standard InChI is InChI=1S/C25H29Cl2N3O3/c1-25(2,3)33-24(31)29-14-7-6-9-17(29)16-32-23-28-21-12-4-5-13-22(21)30(23)15-18-19(26)10-8-11-20(18)27/h4-5,8,10-13,17H,6-7,9,14-16H2,1-3H3/t17-/m0/s1. The van der Waals surface area contributed by atoms with Gasteiger partial charge in [-0.25, -0.2) is 4.79 Å². The third-order valence-corrected chi connectivity index (χ3v) is 6.37. The van der Waals surface area contributed by atoms with Crippen molar-refractivity contribution in [1.82, 2.24) is 14.5 Å². The average molecular weight is 490 g/mol. The Hall–Kier alpha value is -2.44. The number of carbonyl (C=O) groups excluding carboxylic acids is 1. The van der Waals surface area contributed by atoms with Gasteiger partial charge in [0.2, 0.25) is 0 Å². The van der Waals surface area contributed by atoms with Crippen LogP contribution in [0.2, 0.25) is 10.0 Å². The van der Waals surface area contributed by atoms with E-state index in [4.69, 9.17) is 37.7 Å². The van der Waals surface area contributed by atoms with Crippen LogP contribution < -0.4 is 4.74 Å². The Balaban J connectivity index is 1.58. The van der Waals surface area contributed by atoms with Crippen molar-refractivity contribution in [3.63, 3.8) is 0 Å². The van der Waals surface area contributed by atoms with E-state index >= 15 is 0 Å². The van der Waals surface area contributed by atoms with Crippen molar-refractivity contribution in [3.8, 4) is 6.01 Å². The summed E-state index contributed by atoms with van der Waals surface area (Å²) < 4.78 is 13.8. The van der Waals surface area contributed by atoms with Gasteiger partial charge in [0.15, 0.2) is 0 Å². The van der Waals surface area contributed by atoms with Gasteiger partial charge < -0.3 is 14.4 Å². The molecule has 1 amide bonds. The van der Waals surface area contributed by atoms with Crippen molar-refractivity contribution in [2.75, 3.05) is 13.2 Å². The number of halogens is 2. The van der Waals surface area contributed by atoms with Gasteiger partial charge in [-0.1, -0.05) is 41.4 Å². The summed E-state index contributed by atoms with van der Waals surface area (Å²) in [6.45, 7) is 7.05. The zero-order valence-electron chi connectivity index (χ0n) is 19.2. The van der Waals surface area contributed by atoms with Crippen molar-refractivity contribution in [1.29, 1.82) is 0 Å². The first-order valence-electron chi connectivity index (χ1n) is 11.2. The molecule has 1 aromatic heterocycles. The Morgan fingerprint density at radius 2 is 1.82 bits per heavy atom. The number of nitrogens with zero attached hydrogens (tertiary/aromatic N) is 3. The summed E-state index contributed by atoms with van der Waals surface area (Å²) in [5, 5.41) is 1.18. The average Bonchev–Trinajstić information content (AvgIpc) is 3.11. The second-order valence-electron chi connectivity index (χ2n) is 9.30. The van der Waals surface area contributed by atoms with Crippen molar-refractivity contribution in [2.45, 2.75) is 58.2 Å². The molecule has 8 heteroatoms. The molecule has 33 heavy (non-hydrogen) atoms. The fourth-order valence-electron chi connectivity index (χ4n) is 4.06. The highest BCUT2D eigenvalue weighted by atomic mass is 35.5. The normalized spacial score (nSPS) is 16.8. The van der Waals surface area contributed by atoms with Gasteiger partial charge >= 0.3 is 6.09 Å². The number of fused-ring (bicyclic) bond motifs is 1. The van der Waals surface area contributed by atoms with E-state index in [9.17, 15) is 4.79 Å². The van der Waals surface area contributed by atoms with E-state index in [-0.39, 0.29) is 12.1 Å². The first-order valence-corrected chi connectivity index (χ1v) is 12.0. The van der Waals surface area contributed by atoms with Gasteiger partial charge in [-0.05, 0) is 64.3 Å². The topological polar surface area (TPSA) is 56.6 Å². The van der Waals surface area contributed by atoms with Crippen molar-refractivity contribution in [2.24, 2.45) is 0 Å². The minimum absolute atomic E-state index is 0.0780. The molecule has 1 aliphatic heterocycles. The van der Waals surface area contributed by atoms with Crippen molar-refractivity contribution >= 4 is 40.3 Å². The van der Waals surface area contributed by atoms with Crippen LogP contribution in [0.1, 0.15) is 45.6 Å². The van der Waals surface area contributed by atoms with Gasteiger partial charge in [-0.15, -0.1) is 0 Å². The molecule has 1 fully saturated rings.